The number of rotatable bonds is 2. The quantitative estimate of drug-likeness (QED) is 0.891. The minimum absolute atomic E-state index is 0.00106. The standard InChI is InChI=1S/C12H13N3O2S/c16-12(15-5-3-13-4-6-15)9-8-14-17-11(9)10-2-1-7-18-10/h1-2,7-8,13H,3-6H2. The molecular formula is C12H13N3O2S. The van der Waals surface area contributed by atoms with E-state index in [1.807, 2.05) is 22.4 Å². The Morgan fingerprint density at radius 2 is 2.28 bits per heavy atom. The fourth-order valence-electron chi connectivity index (χ4n) is 2.02. The van der Waals surface area contributed by atoms with Crippen molar-refractivity contribution in [3.05, 3.63) is 29.3 Å². The van der Waals surface area contributed by atoms with E-state index in [-0.39, 0.29) is 5.91 Å². The van der Waals surface area contributed by atoms with E-state index in [0.717, 1.165) is 31.1 Å². The number of carbonyl (C=O) groups is 1. The van der Waals surface area contributed by atoms with Crippen molar-refractivity contribution in [1.29, 1.82) is 0 Å². The summed E-state index contributed by atoms with van der Waals surface area (Å²) in [5.41, 5.74) is 0.555. The molecule has 1 aliphatic rings. The number of nitrogens with one attached hydrogen (secondary N) is 1. The Hall–Kier alpha value is -1.66. The highest BCUT2D eigenvalue weighted by Gasteiger charge is 2.24. The molecule has 0 atom stereocenters. The van der Waals surface area contributed by atoms with Crippen LogP contribution in [0.2, 0.25) is 0 Å². The fraction of sp³-hybridized carbons (Fsp3) is 0.333. The lowest BCUT2D eigenvalue weighted by atomic mass is 10.2. The van der Waals surface area contributed by atoms with Crippen molar-refractivity contribution in [2.24, 2.45) is 0 Å². The molecule has 0 bridgehead atoms. The summed E-state index contributed by atoms with van der Waals surface area (Å²) in [4.78, 5) is 15.1. The summed E-state index contributed by atoms with van der Waals surface area (Å²) in [6.45, 7) is 3.14. The Morgan fingerprint density at radius 1 is 1.44 bits per heavy atom. The lowest BCUT2D eigenvalue weighted by molar-refractivity contribution is 0.0736. The number of hydrogen-bond acceptors (Lipinski definition) is 5. The van der Waals surface area contributed by atoms with E-state index in [9.17, 15) is 4.79 Å². The van der Waals surface area contributed by atoms with E-state index in [2.05, 4.69) is 10.5 Å². The van der Waals surface area contributed by atoms with Gasteiger partial charge in [0.1, 0.15) is 5.56 Å². The molecule has 1 saturated heterocycles. The van der Waals surface area contributed by atoms with Crippen molar-refractivity contribution in [2.75, 3.05) is 26.2 Å². The second-order valence-corrected chi connectivity index (χ2v) is 5.04. The molecule has 94 valence electrons. The second kappa shape index (κ2) is 4.91. The van der Waals surface area contributed by atoms with Gasteiger partial charge in [-0.1, -0.05) is 11.2 Å². The van der Waals surface area contributed by atoms with Gasteiger partial charge in [-0.15, -0.1) is 11.3 Å². The van der Waals surface area contributed by atoms with E-state index in [1.54, 1.807) is 11.3 Å². The summed E-state index contributed by atoms with van der Waals surface area (Å²) < 4.78 is 5.22. The van der Waals surface area contributed by atoms with Gasteiger partial charge < -0.3 is 14.7 Å². The molecule has 1 amide bonds. The van der Waals surface area contributed by atoms with Gasteiger partial charge >= 0.3 is 0 Å². The van der Waals surface area contributed by atoms with Crippen LogP contribution in [0.15, 0.2) is 28.2 Å². The summed E-state index contributed by atoms with van der Waals surface area (Å²) >= 11 is 1.54. The Labute approximate surface area is 108 Å². The number of piperazine rings is 1. The van der Waals surface area contributed by atoms with Crippen LogP contribution >= 0.6 is 11.3 Å². The first-order chi connectivity index (χ1) is 8.86. The normalized spacial score (nSPS) is 15.9. The lowest BCUT2D eigenvalue weighted by Crippen LogP contribution is -2.46. The van der Waals surface area contributed by atoms with E-state index in [4.69, 9.17) is 4.52 Å². The molecule has 5 nitrogen and oxygen atoms in total. The zero-order valence-electron chi connectivity index (χ0n) is 9.76. The number of nitrogens with zero attached hydrogens (tertiary/aromatic N) is 2. The van der Waals surface area contributed by atoms with Crippen molar-refractivity contribution in [3.8, 4) is 10.6 Å². The van der Waals surface area contributed by atoms with Gasteiger partial charge in [-0.3, -0.25) is 4.79 Å². The summed E-state index contributed by atoms with van der Waals surface area (Å²) in [5.74, 6) is 0.578. The van der Waals surface area contributed by atoms with Crippen LogP contribution in [0.25, 0.3) is 10.6 Å². The third-order valence-corrected chi connectivity index (χ3v) is 3.82. The summed E-state index contributed by atoms with van der Waals surface area (Å²) in [6.07, 6.45) is 1.51. The summed E-state index contributed by atoms with van der Waals surface area (Å²) in [7, 11) is 0. The van der Waals surface area contributed by atoms with Crippen LogP contribution in [0.1, 0.15) is 10.4 Å². The SMILES string of the molecule is O=C(c1cnoc1-c1cccs1)N1CCNCC1. The van der Waals surface area contributed by atoms with Crippen molar-refractivity contribution in [1.82, 2.24) is 15.4 Å². The average Bonchev–Trinajstić information content (AvgIpc) is 3.09. The van der Waals surface area contributed by atoms with E-state index < -0.39 is 0 Å². The highest BCUT2D eigenvalue weighted by atomic mass is 32.1. The maximum absolute atomic E-state index is 12.4. The zero-order chi connectivity index (χ0) is 12.4. The smallest absolute Gasteiger partial charge is 0.259 e. The van der Waals surface area contributed by atoms with Crippen LogP contribution in [-0.2, 0) is 0 Å². The maximum atomic E-state index is 12.4. The van der Waals surface area contributed by atoms with Gasteiger partial charge in [0, 0.05) is 26.2 Å². The molecule has 18 heavy (non-hydrogen) atoms. The Bertz CT molecular complexity index is 529. The number of carbonyl (C=O) groups excluding carboxylic acids is 1. The van der Waals surface area contributed by atoms with Crippen LogP contribution in [0, 0.1) is 0 Å². The molecule has 0 radical (unpaired) electrons. The van der Waals surface area contributed by atoms with Crippen molar-refractivity contribution >= 4 is 17.2 Å². The molecule has 0 unspecified atom stereocenters. The second-order valence-electron chi connectivity index (χ2n) is 4.09. The molecule has 0 saturated carbocycles. The maximum Gasteiger partial charge on any atom is 0.259 e. The first kappa shape index (κ1) is 11.4. The molecule has 0 spiro atoms. The van der Waals surface area contributed by atoms with Crippen LogP contribution in [0.5, 0.6) is 0 Å². The Balaban J connectivity index is 1.88. The van der Waals surface area contributed by atoms with Crippen LogP contribution in [0.3, 0.4) is 0 Å². The van der Waals surface area contributed by atoms with Gasteiger partial charge in [-0.25, -0.2) is 0 Å². The molecule has 1 aliphatic heterocycles. The average molecular weight is 263 g/mol. The van der Waals surface area contributed by atoms with Gasteiger partial charge in [0.05, 0.1) is 11.1 Å². The predicted molar refractivity (Wildman–Crippen MR) is 68.6 cm³/mol. The third-order valence-electron chi connectivity index (χ3n) is 2.95. The largest absolute Gasteiger partial charge is 0.355 e. The van der Waals surface area contributed by atoms with Gasteiger partial charge in [-0.2, -0.15) is 0 Å². The summed E-state index contributed by atoms with van der Waals surface area (Å²) in [6, 6.07) is 3.86. The molecule has 1 fully saturated rings. The van der Waals surface area contributed by atoms with Gasteiger partial charge in [-0.05, 0) is 11.4 Å². The van der Waals surface area contributed by atoms with Gasteiger partial charge in [0.25, 0.3) is 5.91 Å². The van der Waals surface area contributed by atoms with Gasteiger partial charge in [0.15, 0.2) is 5.76 Å². The highest BCUT2D eigenvalue weighted by Crippen LogP contribution is 2.28. The van der Waals surface area contributed by atoms with Crippen LogP contribution in [0.4, 0.5) is 0 Å². The number of aromatic nitrogens is 1. The number of hydrogen-bond donors (Lipinski definition) is 1. The molecule has 3 rings (SSSR count). The zero-order valence-corrected chi connectivity index (χ0v) is 10.6. The van der Waals surface area contributed by atoms with Crippen LogP contribution in [-0.4, -0.2) is 42.1 Å². The Morgan fingerprint density at radius 3 is 3.00 bits per heavy atom. The summed E-state index contributed by atoms with van der Waals surface area (Å²) in [5, 5.41) is 8.94. The minimum Gasteiger partial charge on any atom is -0.355 e. The van der Waals surface area contributed by atoms with E-state index >= 15 is 0 Å². The molecule has 2 aromatic heterocycles. The highest BCUT2D eigenvalue weighted by molar-refractivity contribution is 7.13. The molecule has 1 N–H and O–H groups in total. The molecule has 0 aromatic carbocycles. The first-order valence-electron chi connectivity index (χ1n) is 5.85. The van der Waals surface area contributed by atoms with Crippen molar-refractivity contribution in [3.63, 3.8) is 0 Å². The van der Waals surface area contributed by atoms with E-state index in [0.29, 0.717) is 11.3 Å². The lowest BCUT2D eigenvalue weighted by Gasteiger charge is -2.27. The van der Waals surface area contributed by atoms with Crippen molar-refractivity contribution < 1.29 is 9.32 Å². The predicted octanol–water partition coefficient (Wildman–Crippen LogP) is 1.45. The molecule has 0 aliphatic carbocycles. The number of amides is 1. The monoisotopic (exact) mass is 263 g/mol. The van der Waals surface area contributed by atoms with Crippen LogP contribution < -0.4 is 5.32 Å². The minimum atomic E-state index is 0.00106. The molecular weight excluding hydrogens is 250 g/mol. The van der Waals surface area contributed by atoms with Gasteiger partial charge in [0.2, 0.25) is 0 Å². The first-order valence-corrected chi connectivity index (χ1v) is 6.73. The molecule has 3 heterocycles. The topological polar surface area (TPSA) is 58.4 Å². The fourth-order valence-corrected chi connectivity index (χ4v) is 2.73. The number of thiophene rings is 1. The molecule has 2 aromatic rings. The van der Waals surface area contributed by atoms with Crippen molar-refractivity contribution in [2.45, 2.75) is 0 Å². The molecule has 6 heteroatoms. The van der Waals surface area contributed by atoms with E-state index in [1.165, 1.54) is 6.20 Å². The third kappa shape index (κ3) is 2.04. The Kier molecular flexibility index (Phi) is 3.12.